The van der Waals surface area contributed by atoms with Crippen LogP contribution in [0, 0.1) is 0 Å². The molecule has 148 valence electrons. The molecule has 0 radical (unpaired) electrons. The lowest BCUT2D eigenvalue weighted by Gasteiger charge is -2.08. The molecule has 0 aliphatic rings. The first-order valence-electron chi connectivity index (χ1n) is 8.77. The normalized spacial score (nSPS) is 10.3. The number of anilines is 2. The van der Waals surface area contributed by atoms with Gasteiger partial charge in [0.05, 0.1) is 12.9 Å². The molecule has 0 spiro atoms. The summed E-state index contributed by atoms with van der Waals surface area (Å²) in [6.07, 6.45) is 0. The van der Waals surface area contributed by atoms with Gasteiger partial charge < -0.3 is 15.4 Å². The minimum atomic E-state index is -0.230. The van der Waals surface area contributed by atoms with Crippen molar-refractivity contribution in [3.8, 4) is 5.75 Å². The number of nitrogens with one attached hydrogen (secondary N) is 2. The SMILES string of the molecule is COc1ccc(NC(=O)CSc2ccc(NC(=O)c3cccc(Cl)c3)cc2)cc1. The Balaban J connectivity index is 1.49. The molecule has 0 bridgehead atoms. The maximum absolute atomic E-state index is 12.2. The van der Waals surface area contributed by atoms with Gasteiger partial charge in [0.25, 0.3) is 5.91 Å². The number of thioether (sulfide) groups is 1. The largest absolute Gasteiger partial charge is 0.497 e. The Hall–Kier alpha value is -2.96. The number of amides is 2. The van der Waals surface area contributed by atoms with Crippen LogP contribution in [0.25, 0.3) is 0 Å². The van der Waals surface area contributed by atoms with Crippen LogP contribution >= 0.6 is 23.4 Å². The molecule has 3 aromatic rings. The predicted octanol–water partition coefficient (Wildman–Crippen LogP) is 5.33. The molecule has 0 unspecified atom stereocenters. The van der Waals surface area contributed by atoms with E-state index in [1.807, 2.05) is 12.1 Å². The monoisotopic (exact) mass is 426 g/mol. The fraction of sp³-hybridized carbons (Fsp3) is 0.0909. The predicted molar refractivity (Wildman–Crippen MR) is 118 cm³/mol. The summed E-state index contributed by atoms with van der Waals surface area (Å²) in [6.45, 7) is 0. The van der Waals surface area contributed by atoms with Crippen molar-refractivity contribution in [2.45, 2.75) is 4.90 Å². The first-order valence-corrected chi connectivity index (χ1v) is 10.1. The second-order valence-electron chi connectivity index (χ2n) is 6.05. The Morgan fingerprint density at radius 2 is 1.59 bits per heavy atom. The number of ether oxygens (including phenoxy) is 1. The standard InChI is InChI=1S/C22H19ClN2O3S/c1-28-19-9-5-17(6-10-19)24-21(26)14-29-20-11-7-18(8-12-20)25-22(27)15-3-2-4-16(23)13-15/h2-13H,14H2,1H3,(H,24,26)(H,25,27). The van der Waals surface area contributed by atoms with Crippen LogP contribution in [0.5, 0.6) is 5.75 Å². The molecule has 29 heavy (non-hydrogen) atoms. The highest BCUT2D eigenvalue weighted by Gasteiger charge is 2.08. The van der Waals surface area contributed by atoms with Crippen LogP contribution in [0.3, 0.4) is 0 Å². The topological polar surface area (TPSA) is 67.4 Å². The molecule has 0 saturated carbocycles. The number of rotatable bonds is 7. The molecule has 0 atom stereocenters. The molecule has 0 heterocycles. The van der Waals surface area contributed by atoms with Gasteiger partial charge in [0, 0.05) is 26.9 Å². The molecule has 7 heteroatoms. The fourth-order valence-electron chi connectivity index (χ4n) is 2.49. The van der Waals surface area contributed by atoms with Crippen molar-refractivity contribution >= 4 is 46.6 Å². The molecule has 0 aliphatic heterocycles. The average Bonchev–Trinajstić information content (AvgIpc) is 2.74. The molecule has 5 nitrogen and oxygen atoms in total. The van der Waals surface area contributed by atoms with Gasteiger partial charge in [0.15, 0.2) is 0 Å². The van der Waals surface area contributed by atoms with Crippen molar-refractivity contribution in [2.75, 3.05) is 23.5 Å². The zero-order valence-corrected chi connectivity index (χ0v) is 17.2. The number of hydrogen-bond acceptors (Lipinski definition) is 4. The summed E-state index contributed by atoms with van der Waals surface area (Å²) in [5.41, 5.74) is 1.88. The van der Waals surface area contributed by atoms with Crippen molar-refractivity contribution < 1.29 is 14.3 Å². The van der Waals surface area contributed by atoms with Gasteiger partial charge in [-0.3, -0.25) is 9.59 Å². The van der Waals surface area contributed by atoms with Gasteiger partial charge in [0.1, 0.15) is 5.75 Å². The van der Waals surface area contributed by atoms with E-state index in [4.69, 9.17) is 16.3 Å². The first kappa shape index (κ1) is 20.8. The summed E-state index contributed by atoms with van der Waals surface area (Å²) >= 11 is 7.33. The van der Waals surface area contributed by atoms with E-state index in [1.165, 1.54) is 11.8 Å². The highest BCUT2D eigenvalue weighted by Crippen LogP contribution is 2.22. The number of methoxy groups -OCH3 is 1. The lowest BCUT2D eigenvalue weighted by molar-refractivity contribution is -0.113. The van der Waals surface area contributed by atoms with Gasteiger partial charge in [0.2, 0.25) is 5.91 Å². The quantitative estimate of drug-likeness (QED) is 0.501. The van der Waals surface area contributed by atoms with Crippen molar-refractivity contribution in [3.63, 3.8) is 0 Å². The summed E-state index contributed by atoms with van der Waals surface area (Å²) in [5, 5.41) is 6.18. The van der Waals surface area contributed by atoms with E-state index in [0.29, 0.717) is 16.3 Å². The Labute approximate surface area is 178 Å². The van der Waals surface area contributed by atoms with Crippen LogP contribution in [0.4, 0.5) is 11.4 Å². The summed E-state index contributed by atoms with van der Waals surface area (Å²) in [4.78, 5) is 25.3. The van der Waals surface area contributed by atoms with Gasteiger partial charge in [-0.05, 0) is 66.7 Å². The summed E-state index contributed by atoms with van der Waals surface area (Å²) in [7, 11) is 1.60. The molecule has 3 rings (SSSR count). The van der Waals surface area contributed by atoms with E-state index < -0.39 is 0 Å². The number of hydrogen-bond donors (Lipinski definition) is 2. The maximum atomic E-state index is 12.2. The van der Waals surface area contributed by atoms with Crippen molar-refractivity contribution in [1.82, 2.24) is 0 Å². The molecule has 3 aromatic carbocycles. The smallest absolute Gasteiger partial charge is 0.255 e. The lowest BCUT2D eigenvalue weighted by Crippen LogP contribution is -2.14. The average molecular weight is 427 g/mol. The van der Waals surface area contributed by atoms with Gasteiger partial charge in [-0.2, -0.15) is 0 Å². The highest BCUT2D eigenvalue weighted by atomic mass is 35.5. The molecule has 2 amide bonds. The van der Waals surface area contributed by atoms with Gasteiger partial charge in [-0.15, -0.1) is 11.8 Å². The van der Waals surface area contributed by atoms with E-state index >= 15 is 0 Å². The third kappa shape index (κ3) is 6.27. The molecule has 0 aromatic heterocycles. The van der Waals surface area contributed by atoms with E-state index in [9.17, 15) is 9.59 Å². The molecular weight excluding hydrogens is 408 g/mol. The number of carbonyl (C=O) groups is 2. The Bertz CT molecular complexity index is 992. The summed E-state index contributed by atoms with van der Waals surface area (Å²) < 4.78 is 5.09. The second kappa shape index (κ2) is 10.0. The highest BCUT2D eigenvalue weighted by molar-refractivity contribution is 8.00. The Morgan fingerprint density at radius 1 is 0.931 bits per heavy atom. The van der Waals surface area contributed by atoms with E-state index in [-0.39, 0.29) is 17.6 Å². The first-order chi connectivity index (χ1) is 14.0. The lowest BCUT2D eigenvalue weighted by atomic mass is 10.2. The van der Waals surface area contributed by atoms with Crippen LogP contribution in [-0.4, -0.2) is 24.7 Å². The van der Waals surface area contributed by atoms with Crippen LogP contribution in [0.2, 0.25) is 5.02 Å². The van der Waals surface area contributed by atoms with Crippen LogP contribution in [0.1, 0.15) is 10.4 Å². The van der Waals surface area contributed by atoms with E-state index in [1.54, 1.807) is 67.8 Å². The van der Waals surface area contributed by atoms with Gasteiger partial charge in [-0.1, -0.05) is 17.7 Å². The third-order valence-electron chi connectivity index (χ3n) is 3.94. The Morgan fingerprint density at radius 3 is 2.24 bits per heavy atom. The van der Waals surface area contributed by atoms with Crippen molar-refractivity contribution in [1.29, 1.82) is 0 Å². The van der Waals surface area contributed by atoms with Crippen LogP contribution in [-0.2, 0) is 4.79 Å². The minimum Gasteiger partial charge on any atom is -0.497 e. The maximum Gasteiger partial charge on any atom is 0.255 e. The molecule has 2 N–H and O–H groups in total. The summed E-state index contributed by atoms with van der Waals surface area (Å²) in [5.74, 6) is 0.686. The number of carbonyl (C=O) groups excluding carboxylic acids is 2. The van der Waals surface area contributed by atoms with Gasteiger partial charge >= 0.3 is 0 Å². The van der Waals surface area contributed by atoms with Crippen LogP contribution in [0.15, 0.2) is 77.7 Å². The molecule has 0 saturated heterocycles. The third-order valence-corrected chi connectivity index (χ3v) is 5.19. The van der Waals surface area contributed by atoms with Crippen molar-refractivity contribution in [3.05, 3.63) is 83.4 Å². The molecular formula is C22H19ClN2O3S. The zero-order valence-electron chi connectivity index (χ0n) is 15.6. The van der Waals surface area contributed by atoms with E-state index in [0.717, 1.165) is 16.3 Å². The second-order valence-corrected chi connectivity index (χ2v) is 7.54. The Kier molecular flexibility index (Phi) is 7.16. The zero-order chi connectivity index (χ0) is 20.6. The van der Waals surface area contributed by atoms with Crippen LogP contribution < -0.4 is 15.4 Å². The number of benzene rings is 3. The summed E-state index contributed by atoms with van der Waals surface area (Å²) in [6, 6.07) is 21.2. The van der Waals surface area contributed by atoms with E-state index in [2.05, 4.69) is 10.6 Å². The van der Waals surface area contributed by atoms with Crippen molar-refractivity contribution in [2.24, 2.45) is 0 Å². The molecule has 0 aliphatic carbocycles. The number of halogens is 1. The van der Waals surface area contributed by atoms with Gasteiger partial charge in [-0.25, -0.2) is 0 Å². The molecule has 0 fully saturated rings. The fourth-order valence-corrected chi connectivity index (χ4v) is 3.38. The minimum absolute atomic E-state index is 0.0986.